The Morgan fingerprint density at radius 1 is 1.24 bits per heavy atom. The van der Waals surface area contributed by atoms with E-state index < -0.39 is 18.0 Å². The smallest absolute Gasteiger partial charge is 0.339 e. The highest BCUT2D eigenvalue weighted by Crippen LogP contribution is 2.31. The van der Waals surface area contributed by atoms with Crippen LogP contribution < -0.4 is 10.1 Å². The molecule has 0 radical (unpaired) electrons. The van der Waals surface area contributed by atoms with Gasteiger partial charge >= 0.3 is 5.97 Å². The Hall–Kier alpha value is -2.31. The molecular weight excluding hydrogens is 367 g/mol. The number of anilines is 1. The van der Waals surface area contributed by atoms with Crippen LogP contribution in [0.25, 0.3) is 0 Å². The molecule has 1 aromatic carbocycles. The second kappa shape index (κ2) is 8.18. The lowest BCUT2D eigenvalue weighted by atomic mass is 10.2. The van der Waals surface area contributed by atoms with Gasteiger partial charge in [-0.05, 0) is 37.6 Å². The Morgan fingerprint density at radius 2 is 1.96 bits per heavy atom. The van der Waals surface area contributed by atoms with E-state index in [9.17, 15) is 9.59 Å². The third-order valence-electron chi connectivity index (χ3n) is 3.35. The van der Waals surface area contributed by atoms with E-state index in [1.807, 2.05) is 0 Å². The van der Waals surface area contributed by atoms with Gasteiger partial charge in [0.05, 0.1) is 18.4 Å². The Kier molecular flexibility index (Phi) is 6.22. The van der Waals surface area contributed by atoms with Crippen molar-refractivity contribution in [1.82, 2.24) is 4.98 Å². The molecule has 0 saturated heterocycles. The summed E-state index contributed by atoms with van der Waals surface area (Å²) in [5, 5.41) is 3.34. The summed E-state index contributed by atoms with van der Waals surface area (Å²) in [6, 6.07) is 6.09. The number of rotatable bonds is 5. The number of carbonyl (C=O) groups is 2. The van der Waals surface area contributed by atoms with Gasteiger partial charge in [0.25, 0.3) is 5.91 Å². The molecule has 132 valence electrons. The van der Waals surface area contributed by atoms with Crippen molar-refractivity contribution in [1.29, 1.82) is 0 Å². The molecule has 1 aromatic heterocycles. The molecule has 2 aromatic rings. The molecular formula is C17H16Cl2N2O4. The fraction of sp³-hybridized carbons (Fsp3) is 0.235. The maximum atomic E-state index is 12.3. The number of ether oxygens (including phenoxy) is 2. The van der Waals surface area contributed by atoms with Crippen LogP contribution in [0.15, 0.2) is 30.5 Å². The summed E-state index contributed by atoms with van der Waals surface area (Å²) in [5.74, 6) is -0.775. The van der Waals surface area contributed by atoms with Crippen LogP contribution in [0, 0.1) is 6.92 Å². The summed E-state index contributed by atoms with van der Waals surface area (Å²) in [6.45, 7) is 3.26. The first-order valence-corrected chi connectivity index (χ1v) is 8.05. The number of nitrogens with one attached hydrogen (secondary N) is 1. The first-order valence-electron chi connectivity index (χ1n) is 7.29. The van der Waals surface area contributed by atoms with Gasteiger partial charge in [-0.15, -0.1) is 0 Å². The maximum Gasteiger partial charge on any atom is 0.339 e. The molecule has 0 aliphatic carbocycles. The van der Waals surface area contributed by atoms with Crippen molar-refractivity contribution in [2.75, 3.05) is 12.4 Å². The van der Waals surface area contributed by atoms with Crippen molar-refractivity contribution in [2.45, 2.75) is 20.0 Å². The quantitative estimate of drug-likeness (QED) is 0.626. The maximum absolute atomic E-state index is 12.3. The first-order chi connectivity index (χ1) is 11.8. The highest BCUT2D eigenvalue weighted by Gasteiger charge is 2.21. The van der Waals surface area contributed by atoms with Gasteiger partial charge in [0.2, 0.25) is 0 Å². The number of aromatic nitrogens is 1. The van der Waals surface area contributed by atoms with Gasteiger partial charge in [0.15, 0.2) is 6.10 Å². The van der Waals surface area contributed by atoms with E-state index in [2.05, 4.69) is 10.3 Å². The van der Waals surface area contributed by atoms with E-state index in [0.717, 1.165) is 5.56 Å². The van der Waals surface area contributed by atoms with Crippen molar-refractivity contribution in [2.24, 2.45) is 0 Å². The summed E-state index contributed by atoms with van der Waals surface area (Å²) in [6.07, 6.45) is 0.352. The monoisotopic (exact) mass is 382 g/mol. The Labute approximate surface area is 155 Å². The molecule has 0 aliphatic heterocycles. The fourth-order valence-electron chi connectivity index (χ4n) is 1.98. The second-order valence-electron chi connectivity index (χ2n) is 5.21. The molecule has 1 unspecified atom stereocenters. The van der Waals surface area contributed by atoms with E-state index >= 15 is 0 Å². The largest absolute Gasteiger partial charge is 0.495 e. The van der Waals surface area contributed by atoms with Crippen LogP contribution in [0.3, 0.4) is 0 Å². The average Bonchev–Trinajstić information content (AvgIpc) is 2.57. The van der Waals surface area contributed by atoms with E-state index in [4.69, 9.17) is 32.7 Å². The molecule has 1 heterocycles. The van der Waals surface area contributed by atoms with Crippen molar-refractivity contribution in [3.05, 3.63) is 51.8 Å². The van der Waals surface area contributed by atoms with Gasteiger partial charge in [-0.25, -0.2) is 9.78 Å². The minimum atomic E-state index is -1.03. The van der Waals surface area contributed by atoms with Crippen molar-refractivity contribution < 1.29 is 19.1 Å². The van der Waals surface area contributed by atoms with Crippen LogP contribution in [0.5, 0.6) is 5.75 Å². The topological polar surface area (TPSA) is 77.5 Å². The zero-order chi connectivity index (χ0) is 18.6. The number of pyridine rings is 1. The molecule has 0 saturated carbocycles. The number of esters is 1. The molecule has 0 fully saturated rings. The Balaban J connectivity index is 2.08. The third kappa shape index (κ3) is 4.84. The number of methoxy groups -OCH3 is 1. The predicted molar refractivity (Wildman–Crippen MR) is 95.5 cm³/mol. The molecule has 8 heteroatoms. The highest BCUT2D eigenvalue weighted by atomic mass is 35.5. The minimum absolute atomic E-state index is 0.160. The molecule has 6 nitrogen and oxygen atoms in total. The number of aryl methyl sites for hydroxylation is 1. The van der Waals surface area contributed by atoms with Crippen LogP contribution in [0.1, 0.15) is 22.8 Å². The van der Waals surface area contributed by atoms with E-state index in [1.165, 1.54) is 32.4 Å². The van der Waals surface area contributed by atoms with E-state index in [-0.39, 0.29) is 10.7 Å². The molecule has 0 spiro atoms. The van der Waals surface area contributed by atoms with E-state index in [1.54, 1.807) is 19.1 Å². The van der Waals surface area contributed by atoms with Gasteiger partial charge in [-0.3, -0.25) is 4.79 Å². The van der Waals surface area contributed by atoms with Crippen LogP contribution in [0.2, 0.25) is 10.2 Å². The van der Waals surface area contributed by atoms with Gasteiger partial charge in [0, 0.05) is 17.3 Å². The van der Waals surface area contributed by atoms with Gasteiger partial charge in [0.1, 0.15) is 10.9 Å². The number of hydrogen-bond acceptors (Lipinski definition) is 5. The van der Waals surface area contributed by atoms with Crippen LogP contribution in [-0.2, 0) is 9.53 Å². The summed E-state index contributed by atoms with van der Waals surface area (Å²) < 4.78 is 10.3. The minimum Gasteiger partial charge on any atom is -0.495 e. The van der Waals surface area contributed by atoms with Gasteiger partial charge in [-0.1, -0.05) is 23.2 Å². The van der Waals surface area contributed by atoms with E-state index in [0.29, 0.717) is 16.5 Å². The van der Waals surface area contributed by atoms with Crippen LogP contribution in [0.4, 0.5) is 5.69 Å². The summed E-state index contributed by atoms with van der Waals surface area (Å²) in [7, 11) is 1.47. The third-order valence-corrected chi connectivity index (χ3v) is 3.97. The lowest BCUT2D eigenvalue weighted by molar-refractivity contribution is -0.123. The molecule has 0 bridgehead atoms. The molecule has 1 N–H and O–H groups in total. The molecule has 0 aliphatic rings. The lowest BCUT2D eigenvalue weighted by Crippen LogP contribution is -2.30. The predicted octanol–water partition coefficient (Wildman–Crippen LogP) is 3.89. The number of amides is 1. The van der Waals surface area contributed by atoms with Crippen molar-refractivity contribution in [3.63, 3.8) is 0 Å². The Morgan fingerprint density at radius 3 is 2.60 bits per heavy atom. The molecule has 1 amide bonds. The van der Waals surface area contributed by atoms with Crippen molar-refractivity contribution >= 4 is 40.8 Å². The highest BCUT2D eigenvalue weighted by molar-refractivity contribution is 6.31. The summed E-state index contributed by atoms with van der Waals surface area (Å²) in [4.78, 5) is 28.1. The lowest BCUT2D eigenvalue weighted by Gasteiger charge is -2.16. The summed E-state index contributed by atoms with van der Waals surface area (Å²) in [5.41, 5.74) is 1.41. The van der Waals surface area contributed by atoms with Gasteiger partial charge in [-0.2, -0.15) is 0 Å². The number of benzene rings is 1. The number of halogens is 2. The van der Waals surface area contributed by atoms with Gasteiger partial charge < -0.3 is 14.8 Å². The Bertz CT molecular complexity index is 811. The second-order valence-corrected chi connectivity index (χ2v) is 6.00. The summed E-state index contributed by atoms with van der Waals surface area (Å²) >= 11 is 11.8. The SMILES string of the molecule is COc1cc(Cl)c(C)cc1NC(=O)C(C)OC(=O)c1ccnc(Cl)c1. The normalized spacial score (nSPS) is 11.6. The zero-order valence-corrected chi connectivity index (χ0v) is 15.3. The number of carbonyl (C=O) groups excluding carboxylic acids is 2. The number of hydrogen-bond donors (Lipinski definition) is 1. The number of nitrogens with zero attached hydrogens (tertiary/aromatic N) is 1. The molecule has 25 heavy (non-hydrogen) atoms. The van der Waals surface area contributed by atoms with Crippen LogP contribution >= 0.6 is 23.2 Å². The van der Waals surface area contributed by atoms with Crippen LogP contribution in [-0.4, -0.2) is 30.1 Å². The average molecular weight is 383 g/mol. The molecule has 1 atom stereocenters. The molecule has 2 rings (SSSR count). The first kappa shape index (κ1) is 19.0. The standard InChI is InChI=1S/C17H16Cl2N2O4/c1-9-6-13(14(24-3)8-12(9)18)21-16(22)10(2)25-17(23)11-4-5-20-15(19)7-11/h4-8,10H,1-3H3,(H,21,22). The van der Waals surface area contributed by atoms with Crippen molar-refractivity contribution in [3.8, 4) is 5.75 Å². The zero-order valence-electron chi connectivity index (χ0n) is 13.8. The fourth-order valence-corrected chi connectivity index (χ4v) is 2.30.